The van der Waals surface area contributed by atoms with E-state index >= 15 is 0 Å². The number of sulfonamides is 1. The zero-order chi connectivity index (χ0) is 25.9. The van der Waals surface area contributed by atoms with Crippen LogP contribution in [0, 0.1) is 0 Å². The van der Waals surface area contributed by atoms with Crippen molar-refractivity contribution in [1.82, 2.24) is 29.2 Å². The summed E-state index contributed by atoms with van der Waals surface area (Å²) in [7, 11) is -3.92. The van der Waals surface area contributed by atoms with E-state index in [4.69, 9.17) is 4.74 Å². The Labute approximate surface area is 215 Å². The number of likely N-dealkylation sites (tertiary alicyclic amines) is 1. The Kier molecular flexibility index (Phi) is 5.93. The van der Waals surface area contributed by atoms with E-state index in [0.717, 1.165) is 19.3 Å². The summed E-state index contributed by atoms with van der Waals surface area (Å²) >= 11 is 0.700. The lowest BCUT2D eigenvalue weighted by molar-refractivity contribution is -0.147. The molecule has 11 nitrogen and oxygen atoms in total. The molecule has 2 saturated heterocycles. The quantitative estimate of drug-likeness (QED) is 0.472. The molecular weight excluding hydrogens is 528 g/mol. The molecule has 3 aromatic heterocycles. The molecule has 0 aromatic carbocycles. The maximum Gasteiger partial charge on any atom is 0.291 e. The Balaban J connectivity index is 1.43. The van der Waals surface area contributed by atoms with Crippen molar-refractivity contribution in [1.29, 1.82) is 0 Å². The van der Waals surface area contributed by atoms with Crippen molar-refractivity contribution in [2.45, 2.75) is 49.2 Å². The number of hydrogen-bond acceptors (Lipinski definition) is 9. The Morgan fingerprint density at radius 1 is 1.27 bits per heavy atom. The number of anilines is 1. The van der Waals surface area contributed by atoms with Gasteiger partial charge in [0, 0.05) is 31.4 Å². The Bertz CT molecular complexity index is 1470. The number of amides is 1. The molecule has 3 aliphatic rings. The SMILES string of the molecule is CC1(NS(=O)(=O)c2cc(N3CCO[C@@H](C(=O)N4CCC4)C3)c3cnc(-c4nnc(C(F)F)s4)n3c2)CC1. The smallest absolute Gasteiger partial charge is 0.291 e. The van der Waals surface area contributed by atoms with E-state index < -0.39 is 33.1 Å². The number of imidazole rings is 1. The predicted octanol–water partition coefficient (Wildman–Crippen LogP) is 2.06. The van der Waals surface area contributed by atoms with Crippen LogP contribution < -0.4 is 9.62 Å². The van der Waals surface area contributed by atoms with Crippen LogP contribution in [-0.4, -0.2) is 83.2 Å². The van der Waals surface area contributed by atoms with Crippen LogP contribution in [0.3, 0.4) is 0 Å². The normalized spacial score (nSPS) is 21.5. The number of rotatable bonds is 7. The number of carbonyl (C=O) groups is 1. The highest BCUT2D eigenvalue weighted by atomic mass is 32.2. The first-order chi connectivity index (χ1) is 17.6. The second-order valence-corrected chi connectivity index (χ2v) is 12.5. The average molecular weight is 554 g/mol. The fourth-order valence-electron chi connectivity index (χ4n) is 4.46. The molecule has 15 heteroatoms. The Hall–Kier alpha value is -2.75. The van der Waals surface area contributed by atoms with Gasteiger partial charge in [-0.3, -0.25) is 9.20 Å². The zero-order valence-electron chi connectivity index (χ0n) is 19.9. The van der Waals surface area contributed by atoms with Gasteiger partial charge in [0.15, 0.2) is 21.9 Å². The first kappa shape index (κ1) is 24.6. The summed E-state index contributed by atoms with van der Waals surface area (Å²) < 4.78 is 63.1. The number of halogens is 2. The molecule has 1 aliphatic carbocycles. The number of pyridine rings is 1. The van der Waals surface area contributed by atoms with E-state index in [-0.39, 0.29) is 28.2 Å². The molecule has 1 saturated carbocycles. The molecular formula is C22H25F2N7O4S2. The number of nitrogens with zero attached hydrogens (tertiary/aromatic N) is 6. The third kappa shape index (κ3) is 4.57. The molecule has 3 fully saturated rings. The molecule has 0 spiro atoms. The van der Waals surface area contributed by atoms with Crippen molar-refractivity contribution in [3.05, 3.63) is 23.5 Å². The van der Waals surface area contributed by atoms with Crippen molar-refractivity contribution < 1.29 is 26.7 Å². The minimum Gasteiger partial charge on any atom is -0.365 e. The summed E-state index contributed by atoms with van der Waals surface area (Å²) in [6.45, 7) is 4.22. The highest BCUT2D eigenvalue weighted by Crippen LogP contribution is 2.38. The maximum atomic E-state index is 13.4. The van der Waals surface area contributed by atoms with Gasteiger partial charge in [-0.2, -0.15) is 0 Å². The lowest BCUT2D eigenvalue weighted by Crippen LogP contribution is -2.54. The van der Waals surface area contributed by atoms with Crippen LogP contribution in [0.5, 0.6) is 0 Å². The lowest BCUT2D eigenvalue weighted by atomic mass is 10.1. The third-order valence-corrected chi connectivity index (χ3v) is 9.49. The van der Waals surface area contributed by atoms with E-state index in [1.165, 1.54) is 10.6 Å². The number of carbonyl (C=O) groups excluding carboxylic acids is 1. The van der Waals surface area contributed by atoms with Crippen LogP contribution in [-0.2, 0) is 19.6 Å². The number of morpholine rings is 1. The molecule has 1 atom stereocenters. The van der Waals surface area contributed by atoms with Gasteiger partial charge >= 0.3 is 0 Å². The van der Waals surface area contributed by atoms with E-state index in [1.807, 2.05) is 11.8 Å². The fourth-order valence-corrected chi connectivity index (χ4v) is 6.63. The molecule has 198 valence electrons. The van der Waals surface area contributed by atoms with Gasteiger partial charge in [0.1, 0.15) is 4.90 Å². The topological polar surface area (TPSA) is 122 Å². The first-order valence-corrected chi connectivity index (χ1v) is 14.3. The van der Waals surface area contributed by atoms with E-state index in [9.17, 15) is 22.0 Å². The highest BCUT2D eigenvalue weighted by molar-refractivity contribution is 7.89. The number of nitrogens with one attached hydrogen (secondary N) is 1. The van der Waals surface area contributed by atoms with Crippen LogP contribution in [0.4, 0.5) is 14.5 Å². The molecule has 0 unspecified atom stereocenters. The van der Waals surface area contributed by atoms with Crippen molar-refractivity contribution in [2.75, 3.05) is 37.7 Å². The van der Waals surface area contributed by atoms with Crippen LogP contribution in [0.15, 0.2) is 23.4 Å². The monoisotopic (exact) mass is 553 g/mol. The van der Waals surface area contributed by atoms with Crippen LogP contribution in [0.2, 0.25) is 0 Å². The second-order valence-electron chi connectivity index (χ2n) is 9.79. The molecule has 3 aromatic rings. The number of hydrogen-bond donors (Lipinski definition) is 1. The van der Waals surface area contributed by atoms with Gasteiger partial charge < -0.3 is 14.5 Å². The summed E-state index contributed by atoms with van der Waals surface area (Å²) in [6, 6.07) is 1.57. The summed E-state index contributed by atoms with van der Waals surface area (Å²) in [5.74, 6) is 0.124. The first-order valence-electron chi connectivity index (χ1n) is 12.0. The van der Waals surface area contributed by atoms with E-state index in [0.29, 0.717) is 48.8 Å². The molecule has 37 heavy (non-hydrogen) atoms. The van der Waals surface area contributed by atoms with Gasteiger partial charge in [-0.25, -0.2) is 26.9 Å². The van der Waals surface area contributed by atoms with Crippen LogP contribution in [0.25, 0.3) is 16.3 Å². The molecule has 5 heterocycles. The predicted molar refractivity (Wildman–Crippen MR) is 130 cm³/mol. The number of fused-ring (bicyclic) bond motifs is 1. The Morgan fingerprint density at radius 3 is 2.70 bits per heavy atom. The van der Waals surface area contributed by atoms with Gasteiger partial charge in [0.05, 0.1) is 30.6 Å². The maximum absolute atomic E-state index is 13.4. The van der Waals surface area contributed by atoms with Gasteiger partial charge in [0.25, 0.3) is 12.3 Å². The summed E-state index contributed by atoms with van der Waals surface area (Å²) in [5, 5.41) is 7.10. The van der Waals surface area contributed by atoms with Crippen molar-refractivity contribution >= 4 is 38.5 Å². The van der Waals surface area contributed by atoms with Crippen molar-refractivity contribution in [3.63, 3.8) is 0 Å². The summed E-state index contributed by atoms with van der Waals surface area (Å²) in [6.07, 6.45) is 1.96. The highest BCUT2D eigenvalue weighted by Gasteiger charge is 2.42. The average Bonchev–Trinajstić information content (AvgIpc) is 3.22. The van der Waals surface area contributed by atoms with Gasteiger partial charge in [-0.15, -0.1) is 10.2 Å². The van der Waals surface area contributed by atoms with Crippen molar-refractivity contribution in [3.8, 4) is 10.8 Å². The van der Waals surface area contributed by atoms with Gasteiger partial charge in [-0.1, -0.05) is 11.3 Å². The van der Waals surface area contributed by atoms with Gasteiger partial charge in [0.2, 0.25) is 10.0 Å². The Morgan fingerprint density at radius 2 is 2.05 bits per heavy atom. The molecule has 2 aliphatic heterocycles. The van der Waals surface area contributed by atoms with Gasteiger partial charge in [-0.05, 0) is 32.3 Å². The second kappa shape index (κ2) is 8.92. The minimum atomic E-state index is -3.92. The van der Waals surface area contributed by atoms with E-state index in [2.05, 4.69) is 19.9 Å². The van der Waals surface area contributed by atoms with Crippen LogP contribution in [0.1, 0.15) is 37.6 Å². The van der Waals surface area contributed by atoms with Crippen molar-refractivity contribution in [2.24, 2.45) is 0 Å². The zero-order valence-corrected chi connectivity index (χ0v) is 21.6. The minimum absolute atomic E-state index is 0.00177. The number of aromatic nitrogens is 4. The fraction of sp³-hybridized carbons (Fsp3) is 0.545. The third-order valence-electron chi connectivity index (χ3n) is 6.95. The standard InChI is InChI=1S/C22H25F2N7O4S2/c1-22(3-4-22)28-37(33,34)13-9-14(30-7-8-35-16(12-30)21(32)29-5-2-6-29)15-10-25-18(31(15)11-13)20-27-26-19(36-20)17(23)24/h9-11,16-17,28H,2-8,12H2,1H3/t16-/m1/s1. The molecule has 0 radical (unpaired) electrons. The lowest BCUT2D eigenvalue weighted by Gasteiger charge is -2.39. The number of alkyl halides is 2. The molecule has 0 bridgehead atoms. The largest absolute Gasteiger partial charge is 0.365 e. The van der Waals surface area contributed by atoms with Crippen LogP contribution >= 0.6 is 11.3 Å². The van der Waals surface area contributed by atoms with E-state index in [1.54, 1.807) is 17.2 Å². The summed E-state index contributed by atoms with van der Waals surface area (Å²) in [4.78, 5) is 20.9. The molecule has 1 N–H and O–H groups in total. The number of ether oxygens (including phenoxy) is 1. The molecule has 6 rings (SSSR count). The summed E-state index contributed by atoms with van der Waals surface area (Å²) in [5.41, 5.74) is 0.605. The molecule has 1 amide bonds.